The van der Waals surface area contributed by atoms with Crippen LogP contribution in [0.4, 0.5) is 8.78 Å². The standard InChI is InChI=1S/C12H8Cl2F2O4/c1-2-20-4-6(12(18)19)11(17)5-3-7(13)10(16)8(14)9(5)15/h3-4H,2H2,1H3,(H,18,19)/b6-4-. The number of carbonyl (C=O) groups is 2. The number of hydrogen-bond acceptors (Lipinski definition) is 3. The molecule has 0 amide bonds. The summed E-state index contributed by atoms with van der Waals surface area (Å²) in [7, 11) is 0. The molecule has 1 aromatic rings. The van der Waals surface area contributed by atoms with Crippen LogP contribution < -0.4 is 0 Å². The number of carbonyl (C=O) groups excluding carboxylic acids is 1. The van der Waals surface area contributed by atoms with E-state index in [-0.39, 0.29) is 6.61 Å². The van der Waals surface area contributed by atoms with Crippen LogP contribution in [-0.4, -0.2) is 23.5 Å². The summed E-state index contributed by atoms with van der Waals surface area (Å²) in [6.07, 6.45) is 0.676. The van der Waals surface area contributed by atoms with Crippen molar-refractivity contribution in [2.45, 2.75) is 6.92 Å². The van der Waals surface area contributed by atoms with Crippen molar-refractivity contribution in [3.8, 4) is 0 Å². The molecule has 0 radical (unpaired) electrons. The van der Waals surface area contributed by atoms with Gasteiger partial charge in [0.25, 0.3) is 0 Å². The van der Waals surface area contributed by atoms with Crippen molar-refractivity contribution in [2.24, 2.45) is 0 Å². The highest BCUT2D eigenvalue weighted by atomic mass is 35.5. The highest BCUT2D eigenvalue weighted by molar-refractivity contribution is 6.36. The van der Waals surface area contributed by atoms with Crippen LogP contribution in [-0.2, 0) is 9.53 Å². The van der Waals surface area contributed by atoms with Crippen LogP contribution in [0.2, 0.25) is 10.0 Å². The van der Waals surface area contributed by atoms with Crippen LogP contribution in [0.3, 0.4) is 0 Å². The smallest absolute Gasteiger partial charge is 0.342 e. The Morgan fingerprint density at radius 1 is 1.35 bits per heavy atom. The molecule has 0 atom stereocenters. The first-order valence-corrected chi connectivity index (χ1v) is 5.99. The van der Waals surface area contributed by atoms with Crippen LogP contribution in [0.25, 0.3) is 0 Å². The van der Waals surface area contributed by atoms with Gasteiger partial charge in [0.2, 0.25) is 5.78 Å². The summed E-state index contributed by atoms with van der Waals surface area (Å²) in [5.41, 5.74) is -1.58. The van der Waals surface area contributed by atoms with Crippen LogP contribution in [0.15, 0.2) is 17.9 Å². The van der Waals surface area contributed by atoms with Crippen LogP contribution in [0.1, 0.15) is 17.3 Å². The average molecular weight is 325 g/mol. The molecule has 0 aliphatic carbocycles. The molecule has 20 heavy (non-hydrogen) atoms. The number of aliphatic carboxylic acids is 1. The number of ether oxygens (including phenoxy) is 1. The maximum absolute atomic E-state index is 13.7. The molecular formula is C12H8Cl2F2O4. The lowest BCUT2D eigenvalue weighted by atomic mass is 10.0. The Labute approximate surface area is 122 Å². The number of rotatable bonds is 5. The van der Waals surface area contributed by atoms with Gasteiger partial charge in [-0.3, -0.25) is 4.79 Å². The number of ketones is 1. The molecule has 0 aliphatic rings. The second-order valence-corrected chi connectivity index (χ2v) is 4.25. The first-order valence-electron chi connectivity index (χ1n) is 5.24. The lowest BCUT2D eigenvalue weighted by Crippen LogP contribution is -2.15. The monoisotopic (exact) mass is 324 g/mol. The zero-order valence-electron chi connectivity index (χ0n) is 10.0. The molecule has 8 heteroatoms. The molecule has 1 rings (SSSR count). The molecule has 1 aromatic carbocycles. The molecule has 0 aliphatic heterocycles. The predicted molar refractivity (Wildman–Crippen MR) is 68.1 cm³/mol. The highest BCUT2D eigenvalue weighted by Gasteiger charge is 2.26. The molecule has 0 aromatic heterocycles. The number of benzene rings is 1. The van der Waals surface area contributed by atoms with Gasteiger partial charge in [0.05, 0.1) is 17.2 Å². The van der Waals surface area contributed by atoms with Crippen LogP contribution in [0, 0.1) is 11.6 Å². The molecule has 0 fully saturated rings. The second-order valence-electron chi connectivity index (χ2n) is 3.47. The van der Waals surface area contributed by atoms with Crippen LogP contribution in [0.5, 0.6) is 0 Å². The first-order chi connectivity index (χ1) is 9.31. The Morgan fingerprint density at radius 2 is 1.95 bits per heavy atom. The second kappa shape index (κ2) is 6.67. The number of carboxylic acid groups (broad SMARTS) is 1. The van der Waals surface area contributed by atoms with E-state index < -0.39 is 44.6 Å². The lowest BCUT2D eigenvalue weighted by molar-refractivity contribution is -0.132. The minimum absolute atomic E-state index is 0.109. The van der Waals surface area contributed by atoms with Crippen molar-refractivity contribution < 1.29 is 28.2 Å². The van der Waals surface area contributed by atoms with Gasteiger partial charge in [-0.25, -0.2) is 13.6 Å². The average Bonchev–Trinajstić information content (AvgIpc) is 2.40. The van der Waals surface area contributed by atoms with Gasteiger partial charge in [0, 0.05) is 0 Å². The molecular weight excluding hydrogens is 317 g/mol. The van der Waals surface area contributed by atoms with E-state index in [1.54, 1.807) is 6.92 Å². The third-order valence-electron chi connectivity index (χ3n) is 2.19. The van der Waals surface area contributed by atoms with Crippen molar-refractivity contribution in [1.29, 1.82) is 0 Å². The van der Waals surface area contributed by atoms with Crippen molar-refractivity contribution in [3.05, 3.63) is 45.1 Å². The third kappa shape index (κ3) is 3.26. The largest absolute Gasteiger partial charge is 0.500 e. The van der Waals surface area contributed by atoms with Crippen LogP contribution >= 0.6 is 23.2 Å². The number of Topliss-reactive ketones (excluding diaryl/α,β-unsaturated/α-hetero) is 1. The molecule has 0 spiro atoms. The summed E-state index contributed by atoms with van der Waals surface area (Å²) in [6.45, 7) is 1.67. The fourth-order valence-corrected chi connectivity index (χ4v) is 1.71. The van der Waals surface area contributed by atoms with Crippen molar-refractivity contribution in [2.75, 3.05) is 6.61 Å². The topological polar surface area (TPSA) is 63.6 Å². The maximum atomic E-state index is 13.7. The normalized spacial score (nSPS) is 11.3. The van der Waals surface area contributed by atoms with Gasteiger partial charge in [-0.05, 0) is 13.0 Å². The van der Waals surface area contributed by atoms with Gasteiger partial charge < -0.3 is 9.84 Å². The van der Waals surface area contributed by atoms with E-state index in [9.17, 15) is 18.4 Å². The summed E-state index contributed by atoms with van der Waals surface area (Å²) >= 11 is 10.8. The van der Waals surface area contributed by atoms with E-state index in [1.165, 1.54) is 0 Å². The van der Waals surface area contributed by atoms with E-state index in [2.05, 4.69) is 0 Å². The quantitative estimate of drug-likeness (QED) is 0.171. The molecule has 0 bridgehead atoms. The molecule has 0 saturated heterocycles. The van der Waals surface area contributed by atoms with E-state index in [4.69, 9.17) is 33.0 Å². The summed E-state index contributed by atoms with van der Waals surface area (Å²) in [6, 6.07) is 0.670. The predicted octanol–water partition coefficient (Wildman–Crippen LogP) is 3.46. The molecule has 0 unspecified atom stereocenters. The fourth-order valence-electron chi connectivity index (χ4n) is 1.25. The fraction of sp³-hybridized carbons (Fsp3) is 0.167. The summed E-state index contributed by atoms with van der Waals surface area (Å²) < 4.78 is 31.7. The molecule has 4 nitrogen and oxygen atoms in total. The minimum Gasteiger partial charge on any atom is -0.500 e. The number of hydrogen-bond donors (Lipinski definition) is 1. The molecule has 108 valence electrons. The van der Waals surface area contributed by atoms with Gasteiger partial charge in [-0.15, -0.1) is 0 Å². The SMILES string of the molecule is CCO/C=C(\C(=O)O)C(=O)c1cc(Cl)c(F)c(Cl)c1F. The van der Waals surface area contributed by atoms with Gasteiger partial charge in [0.15, 0.2) is 11.6 Å². The Hall–Kier alpha value is -1.66. The van der Waals surface area contributed by atoms with Gasteiger partial charge in [-0.2, -0.15) is 0 Å². The van der Waals surface area contributed by atoms with Crippen molar-refractivity contribution in [1.82, 2.24) is 0 Å². The first kappa shape index (κ1) is 16.4. The highest BCUT2D eigenvalue weighted by Crippen LogP contribution is 2.29. The van der Waals surface area contributed by atoms with E-state index in [0.29, 0.717) is 12.3 Å². The Balaban J connectivity index is 3.37. The minimum atomic E-state index is -1.63. The summed E-state index contributed by atoms with van der Waals surface area (Å²) in [5, 5.41) is 7.30. The summed E-state index contributed by atoms with van der Waals surface area (Å²) in [5.74, 6) is -5.47. The van der Waals surface area contributed by atoms with E-state index in [0.717, 1.165) is 0 Å². The lowest BCUT2D eigenvalue weighted by Gasteiger charge is -2.07. The van der Waals surface area contributed by atoms with Gasteiger partial charge in [-0.1, -0.05) is 23.2 Å². The Bertz CT molecular complexity index is 600. The Morgan fingerprint density at radius 3 is 2.45 bits per heavy atom. The van der Waals surface area contributed by atoms with Gasteiger partial charge in [0.1, 0.15) is 16.9 Å². The third-order valence-corrected chi connectivity index (χ3v) is 2.80. The zero-order valence-corrected chi connectivity index (χ0v) is 11.6. The van der Waals surface area contributed by atoms with E-state index >= 15 is 0 Å². The maximum Gasteiger partial charge on any atom is 0.342 e. The van der Waals surface area contributed by atoms with Crippen molar-refractivity contribution in [3.63, 3.8) is 0 Å². The Kier molecular flexibility index (Phi) is 5.47. The van der Waals surface area contributed by atoms with Crippen molar-refractivity contribution >= 4 is 35.0 Å². The number of halogens is 4. The van der Waals surface area contributed by atoms with Gasteiger partial charge >= 0.3 is 5.97 Å². The zero-order chi connectivity index (χ0) is 15.4. The van der Waals surface area contributed by atoms with E-state index in [1.807, 2.05) is 0 Å². The molecule has 0 heterocycles. The molecule has 1 N–H and O–H groups in total. The number of carboxylic acids is 1. The molecule has 0 saturated carbocycles. The summed E-state index contributed by atoms with van der Waals surface area (Å²) in [4.78, 5) is 22.9.